The molecule has 0 spiro atoms. The molecular formula is C25H29N3O6. The summed E-state index contributed by atoms with van der Waals surface area (Å²) in [4.78, 5) is 34.8. The molecule has 9 nitrogen and oxygen atoms in total. The summed E-state index contributed by atoms with van der Waals surface area (Å²) >= 11 is 0. The number of likely N-dealkylation sites (tertiary alicyclic amines) is 1. The van der Waals surface area contributed by atoms with Crippen molar-refractivity contribution in [1.29, 1.82) is 0 Å². The lowest BCUT2D eigenvalue weighted by Gasteiger charge is -2.23. The molecule has 34 heavy (non-hydrogen) atoms. The summed E-state index contributed by atoms with van der Waals surface area (Å²) < 4.78 is 22.1. The van der Waals surface area contributed by atoms with Crippen LogP contribution in [0.1, 0.15) is 44.5 Å². The Balaban J connectivity index is 1.61. The molecule has 1 unspecified atom stereocenters. The van der Waals surface area contributed by atoms with E-state index >= 15 is 0 Å². The van der Waals surface area contributed by atoms with Crippen molar-refractivity contribution in [3.8, 4) is 17.2 Å². The third-order valence-corrected chi connectivity index (χ3v) is 5.54. The number of aromatic nitrogens is 2. The number of carbonyl (C=O) groups excluding carboxylic acids is 2. The van der Waals surface area contributed by atoms with Gasteiger partial charge in [0.2, 0.25) is 5.91 Å². The van der Waals surface area contributed by atoms with E-state index in [-0.39, 0.29) is 12.5 Å². The predicted molar refractivity (Wildman–Crippen MR) is 125 cm³/mol. The van der Waals surface area contributed by atoms with Crippen LogP contribution in [0.2, 0.25) is 0 Å². The van der Waals surface area contributed by atoms with Gasteiger partial charge >= 0.3 is 6.09 Å². The first-order valence-corrected chi connectivity index (χ1v) is 11.1. The van der Waals surface area contributed by atoms with Crippen LogP contribution in [0.25, 0.3) is 11.0 Å². The predicted octanol–water partition coefficient (Wildman–Crippen LogP) is 4.41. The zero-order chi connectivity index (χ0) is 24.5. The molecule has 1 N–H and O–H groups in total. The Bertz CT molecular complexity index is 1210. The monoisotopic (exact) mass is 467 g/mol. The van der Waals surface area contributed by atoms with Crippen molar-refractivity contribution in [1.82, 2.24) is 14.9 Å². The Hall–Kier alpha value is -3.75. The van der Waals surface area contributed by atoms with Crippen molar-refractivity contribution < 1.29 is 28.5 Å². The number of imidazole rings is 1. The summed E-state index contributed by atoms with van der Waals surface area (Å²) in [5.41, 5.74) is 1.33. The number of rotatable bonds is 6. The minimum atomic E-state index is -0.679. The highest BCUT2D eigenvalue weighted by Crippen LogP contribution is 2.37. The van der Waals surface area contributed by atoms with E-state index in [0.29, 0.717) is 47.1 Å². The average molecular weight is 468 g/mol. The molecule has 1 aromatic heterocycles. The van der Waals surface area contributed by atoms with E-state index in [1.807, 2.05) is 30.3 Å². The number of aromatic amines is 1. The van der Waals surface area contributed by atoms with E-state index in [1.54, 1.807) is 41.1 Å². The summed E-state index contributed by atoms with van der Waals surface area (Å²) in [5, 5.41) is 0. The molecule has 1 aliphatic rings. The second kappa shape index (κ2) is 9.24. The molecule has 3 aromatic rings. The first kappa shape index (κ1) is 23.4. The van der Waals surface area contributed by atoms with Crippen molar-refractivity contribution in [3.05, 3.63) is 47.8 Å². The zero-order valence-electron chi connectivity index (χ0n) is 20.0. The highest BCUT2D eigenvalue weighted by molar-refractivity contribution is 6.00. The number of nitrogens with zero attached hydrogens (tertiary/aromatic N) is 2. The lowest BCUT2D eigenvalue weighted by atomic mass is 9.96. The Morgan fingerprint density at radius 2 is 1.79 bits per heavy atom. The molecule has 0 bridgehead atoms. The Morgan fingerprint density at radius 1 is 1.09 bits per heavy atom. The van der Waals surface area contributed by atoms with Crippen LogP contribution < -0.4 is 14.2 Å². The van der Waals surface area contributed by atoms with Gasteiger partial charge in [-0.15, -0.1) is 0 Å². The van der Waals surface area contributed by atoms with E-state index in [2.05, 4.69) is 4.98 Å². The van der Waals surface area contributed by atoms with Gasteiger partial charge in [0, 0.05) is 6.54 Å². The number of amides is 2. The van der Waals surface area contributed by atoms with Crippen molar-refractivity contribution >= 4 is 23.0 Å². The quantitative estimate of drug-likeness (QED) is 0.573. The maximum atomic E-state index is 13.1. The van der Waals surface area contributed by atoms with Gasteiger partial charge in [-0.3, -0.25) is 4.79 Å². The molecule has 1 atom stereocenters. The zero-order valence-corrected chi connectivity index (χ0v) is 20.0. The minimum absolute atomic E-state index is 0.167. The van der Waals surface area contributed by atoms with Crippen molar-refractivity contribution in [2.45, 2.75) is 45.3 Å². The lowest BCUT2D eigenvalue weighted by molar-refractivity contribution is -0.128. The molecule has 0 aliphatic carbocycles. The number of H-pyrrole nitrogens is 1. The average Bonchev–Trinajstić information content (AvgIpc) is 3.40. The molecule has 1 saturated heterocycles. The van der Waals surface area contributed by atoms with Gasteiger partial charge in [0.1, 0.15) is 29.3 Å². The van der Waals surface area contributed by atoms with E-state index in [9.17, 15) is 9.59 Å². The fourth-order valence-electron chi connectivity index (χ4n) is 4.01. The third kappa shape index (κ3) is 4.64. The van der Waals surface area contributed by atoms with Gasteiger partial charge in [-0.1, -0.05) is 18.2 Å². The van der Waals surface area contributed by atoms with E-state index in [0.717, 1.165) is 5.56 Å². The molecule has 0 radical (unpaired) electrons. The standard InChI is InChI=1S/C25H29N3O6/c1-25(2,3)34-24(30)28-13-12-16(23(28)29)15-10-11-19(32-5)22-21(15)26-20(27-22)14-33-18-9-7-6-8-17(18)31-4/h6-11,16H,12-14H2,1-5H3,(H,26,27). The van der Waals surface area contributed by atoms with Crippen molar-refractivity contribution in [2.24, 2.45) is 0 Å². The summed E-state index contributed by atoms with van der Waals surface area (Å²) in [6.45, 7) is 5.78. The molecule has 9 heteroatoms. The SMILES string of the molecule is COc1ccccc1OCc1nc2c(C3CCN(C(=O)OC(C)(C)C)C3=O)ccc(OC)c2[nH]1. The van der Waals surface area contributed by atoms with E-state index in [4.69, 9.17) is 23.9 Å². The van der Waals surface area contributed by atoms with Crippen LogP contribution in [-0.4, -0.2) is 53.2 Å². The maximum Gasteiger partial charge on any atom is 0.417 e. The van der Waals surface area contributed by atoms with Gasteiger partial charge in [-0.2, -0.15) is 0 Å². The topological polar surface area (TPSA) is 103 Å². The number of nitrogens with one attached hydrogen (secondary N) is 1. The van der Waals surface area contributed by atoms with Gasteiger partial charge < -0.3 is 23.9 Å². The molecule has 1 fully saturated rings. The first-order chi connectivity index (χ1) is 16.2. The first-order valence-electron chi connectivity index (χ1n) is 11.1. The van der Waals surface area contributed by atoms with Crippen LogP contribution >= 0.6 is 0 Å². The molecule has 2 heterocycles. The smallest absolute Gasteiger partial charge is 0.417 e. The number of methoxy groups -OCH3 is 2. The normalized spacial score (nSPS) is 16.1. The molecule has 4 rings (SSSR count). The van der Waals surface area contributed by atoms with Gasteiger partial charge in [0.05, 0.1) is 25.7 Å². The Labute approximate surface area is 198 Å². The van der Waals surface area contributed by atoms with E-state index in [1.165, 1.54) is 4.90 Å². The maximum absolute atomic E-state index is 13.1. The summed E-state index contributed by atoms with van der Waals surface area (Å²) in [7, 11) is 3.16. The van der Waals surface area contributed by atoms with Gasteiger partial charge in [0.25, 0.3) is 0 Å². The van der Waals surface area contributed by atoms with Crippen LogP contribution in [0.15, 0.2) is 36.4 Å². The molecule has 180 valence electrons. The number of carbonyl (C=O) groups is 2. The molecule has 2 aromatic carbocycles. The van der Waals surface area contributed by atoms with Gasteiger partial charge in [-0.05, 0) is 51.0 Å². The second-order valence-electron chi connectivity index (χ2n) is 9.02. The van der Waals surface area contributed by atoms with Gasteiger partial charge in [0.15, 0.2) is 11.5 Å². The van der Waals surface area contributed by atoms with Crippen LogP contribution in [0.4, 0.5) is 4.79 Å². The molecule has 1 aliphatic heterocycles. The van der Waals surface area contributed by atoms with Crippen molar-refractivity contribution in [3.63, 3.8) is 0 Å². The summed E-state index contributed by atoms with van der Waals surface area (Å²) in [6.07, 6.45) is -0.142. The summed E-state index contributed by atoms with van der Waals surface area (Å²) in [6, 6.07) is 11.0. The largest absolute Gasteiger partial charge is 0.494 e. The number of benzene rings is 2. The van der Waals surface area contributed by atoms with E-state index < -0.39 is 17.6 Å². The lowest BCUT2D eigenvalue weighted by Crippen LogP contribution is -2.38. The highest BCUT2D eigenvalue weighted by Gasteiger charge is 2.40. The number of para-hydroxylation sites is 2. The second-order valence-corrected chi connectivity index (χ2v) is 9.02. The number of imide groups is 1. The fraction of sp³-hybridized carbons (Fsp3) is 0.400. The summed E-state index contributed by atoms with van der Waals surface area (Å²) in [5.74, 6) is 1.58. The Kier molecular flexibility index (Phi) is 6.37. The van der Waals surface area contributed by atoms with Crippen LogP contribution in [-0.2, 0) is 16.1 Å². The molecule has 0 saturated carbocycles. The number of ether oxygens (including phenoxy) is 4. The van der Waals surface area contributed by atoms with Crippen molar-refractivity contribution in [2.75, 3.05) is 20.8 Å². The molecule has 2 amide bonds. The van der Waals surface area contributed by atoms with Crippen LogP contribution in [0.5, 0.6) is 17.2 Å². The third-order valence-electron chi connectivity index (χ3n) is 5.54. The number of hydrogen-bond acceptors (Lipinski definition) is 7. The van der Waals surface area contributed by atoms with Gasteiger partial charge in [-0.25, -0.2) is 14.7 Å². The minimum Gasteiger partial charge on any atom is -0.494 e. The number of hydrogen-bond donors (Lipinski definition) is 1. The number of fused-ring (bicyclic) bond motifs is 1. The highest BCUT2D eigenvalue weighted by atomic mass is 16.6. The Morgan fingerprint density at radius 3 is 2.47 bits per heavy atom. The van der Waals surface area contributed by atoms with Crippen LogP contribution in [0.3, 0.4) is 0 Å². The van der Waals surface area contributed by atoms with Crippen LogP contribution in [0, 0.1) is 0 Å². The molecular weight excluding hydrogens is 438 g/mol. The fourth-order valence-corrected chi connectivity index (χ4v) is 4.01.